The first-order valence-electron chi connectivity index (χ1n) is 14.9. The van der Waals surface area contributed by atoms with Crippen LogP contribution in [0.3, 0.4) is 0 Å². The van der Waals surface area contributed by atoms with Crippen molar-refractivity contribution in [1.82, 2.24) is 10.0 Å². The maximum absolute atomic E-state index is 14.0. The summed E-state index contributed by atoms with van der Waals surface area (Å²) in [7, 11) is -4.15. The number of halogens is 1. The number of ether oxygens (including phenoxy) is 2. The van der Waals surface area contributed by atoms with Gasteiger partial charge in [0.05, 0.1) is 30.2 Å². The summed E-state index contributed by atoms with van der Waals surface area (Å²) in [4.78, 5) is 28.3. The van der Waals surface area contributed by atoms with Crippen LogP contribution in [0.5, 0.6) is 11.5 Å². The van der Waals surface area contributed by atoms with Gasteiger partial charge in [-0.15, -0.1) is 0 Å². The third-order valence-corrected chi connectivity index (χ3v) is 9.59. The molecule has 9 nitrogen and oxygen atoms in total. The summed E-state index contributed by atoms with van der Waals surface area (Å²) in [5.41, 5.74) is 3.43. The van der Waals surface area contributed by atoms with Crippen LogP contribution in [0, 0.1) is 12.7 Å². The van der Waals surface area contributed by atoms with E-state index in [1.807, 2.05) is 68.0 Å². The minimum atomic E-state index is -4.15. The van der Waals surface area contributed by atoms with Gasteiger partial charge < -0.3 is 19.7 Å². The van der Waals surface area contributed by atoms with Crippen LogP contribution in [0.1, 0.15) is 53.7 Å². The average Bonchev–Trinajstić information content (AvgIpc) is 3.65. The summed E-state index contributed by atoms with van der Waals surface area (Å²) in [5, 5.41) is 4.47. The van der Waals surface area contributed by atoms with Crippen molar-refractivity contribution in [2.24, 2.45) is 0 Å². The fourth-order valence-corrected chi connectivity index (χ4v) is 6.94. The molecule has 0 bridgehead atoms. The Bertz CT molecular complexity index is 1920. The fourth-order valence-electron chi connectivity index (χ4n) is 6.03. The summed E-state index contributed by atoms with van der Waals surface area (Å²) in [6.07, 6.45) is 1.86. The lowest BCUT2D eigenvalue weighted by Gasteiger charge is -2.21. The second-order valence-electron chi connectivity index (χ2n) is 11.4. The Morgan fingerprint density at radius 1 is 0.978 bits per heavy atom. The van der Waals surface area contributed by atoms with E-state index in [2.05, 4.69) is 5.32 Å². The lowest BCUT2D eigenvalue weighted by molar-refractivity contribution is 0.0997. The van der Waals surface area contributed by atoms with Crippen LogP contribution in [0.2, 0.25) is 0 Å². The maximum Gasteiger partial charge on any atom is 0.329 e. The molecule has 1 aliphatic carbocycles. The van der Waals surface area contributed by atoms with Gasteiger partial charge in [-0.25, -0.2) is 22.3 Å². The third kappa shape index (κ3) is 5.92. The number of fused-ring (bicyclic) bond motifs is 3. The number of sulfonamides is 1. The SMILES string of the molecule is CCOc1cc2cccc(OCC)c2c2c1CN(c1ccc(CC3(NC(=O)NS(=O)(=O)c4ccc(F)cc4)CC3)cc1C)C2=O. The van der Waals surface area contributed by atoms with Crippen molar-refractivity contribution in [2.45, 2.75) is 57.0 Å². The molecule has 0 unspecified atom stereocenters. The number of benzene rings is 4. The van der Waals surface area contributed by atoms with Crippen molar-refractivity contribution in [1.29, 1.82) is 0 Å². The zero-order valence-corrected chi connectivity index (χ0v) is 26.1. The molecule has 0 saturated heterocycles. The average molecular weight is 632 g/mol. The largest absolute Gasteiger partial charge is 0.493 e. The maximum atomic E-state index is 14.0. The molecule has 11 heteroatoms. The van der Waals surface area contributed by atoms with Crippen LogP contribution < -0.4 is 24.4 Å². The number of hydrogen-bond donors (Lipinski definition) is 2. The molecule has 4 aromatic carbocycles. The number of nitrogens with zero attached hydrogens (tertiary/aromatic N) is 1. The monoisotopic (exact) mass is 631 g/mol. The van der Waals surface area contributed by atoms with Gasteiger partial charge in [0.1, 0.15) is 17.3 Å². The highest BCUT2D eigenvalue weighted by Crippen LogP contribution is 2.44. The second-order valence-corrected chi connectivity index (χ2v) is 13.1. The molecule has 6 rings (SSSR count). The predicted octanol–water partition coefficient (Wildman–Crippen LogP) is 6.01. The van der Waals surface area contributed by atoms with Gasteiger partial charge in [0, 0.05) is 22.2 Å². The Morgan fingerprint density at radius 3 is 2.36 bits per heavy atom. The molecule has 2 N–H and O–H groups in total. The quantitative estimate of drug-likeness (QED) is 0.222. The van der Waals surface area contributed by atoms with Gasteiger partial charge in [0.15, 0.2) is 0 Å². The number of carbonyl (C=O) groups is 2. The smallest absolute Gasteiger partial charge is 0.329 e. The number of anilines is 1. The molecule has 0 aromatic heterocycles. The Kier molecular flexibility index (Phi) is 7.90. The van der Waals surface area contributed by atoms with E-state index in [0.29, 0.717) is 56.1 Å². The Balaban J connectivity index is 1.21. The molecule has 4 aromatic rings. The molecule has 2 aliphatic rings. The van der Waals surface area contributed by atoms with Crippen LogP contribution in [0.4, 0.5) is 14.9 Å². The van der Waals surface area contributed by atoms with Gasteiger partial charge in [-0.05, 0) is 99.0 Å². The number of urea groups is 1. The normalized spacial score (nSPS) is 15.1. The van der Waals surface area contributed by atoms with Crippen LogP contribution in [0.25, 0.3) is 10.8 Å². The predicted molar refractivity (Wildman–Crippen MR) is 169 cm³/mol. The van der Waals surface area contributed by atoms with Crippen molar-refractivity contribution < 1.29 is 31.9 Å². The Labute approximate surface area is 261 Å². The van der Waals surface area contributed by atoms with E-state index in [4.69, 9.17) is 9.47 Å². The van der Waals surface area contributed by atoms with E-state index in [1.54, 1.807) is 4.90 Å². The summed E-state index contributed by atoms with van der Waals surface area (Å²) in [6, 6.07) is 17.0. The van der Waals surface area contributed by atoms with Gasteiger partial charge in [-0.3, -0.25) is 4.79 Å². The molecular formula is C34H34FN3O6S. The van der Waals surface area contributed by atoms with Gasteiger partial charge >= 0.3 is 6.03 Å². The van der Waals surface area contributed by atoms with Gasteiger partial charge in [-0.1, -0.05) is 24.3 Å². The standard InChI is InChI=1S/C34H34FN3O6S/c1-4-43-28-8-6-7-23-18-29(44-5-2)26-20-38(32(39)31(26)30(23)28)27-14-9-22(17-21(27)3)19-34(15-16-34)36-33(40)37-45(41,42)25-12-10-24(35)11-13-25/h6-14,17-18H,4-5,15-16,19-20H2,1-3H3,(H2,36,37,40). The van der Waals surface area contributed by atoms with Crippen LogP contribution >= 0.6 is 0 Å². The van der Waals surface area contributed by atoms with E-state index < -0.39 is 27.4 Å². The van der Waals surface area contributed by atoms with Crippen molar-refractivity contribution in [3.63, 3.8) is 0 Å². The molecule has 1 aliphatic heterocycles. The van der Waals surface area contributed by atoms with E-state index in [-0.39, 0.29) is 10.8 Å². The number of carbonyl (C=O) groups excluding carboxylic acids is 2. The van der Waals surface area contributed by atoms with Crippen molar-refractivity contribution in [2.75, 3.05) is 18.1 Å². The number of aryl methyl sites for hydroxylation is 1. The van der Waals surface area contributed by atoms with Crippen molar-refractivity contribution in [3.8, 4) is 11.5 Å². The van der Waals surface area contributed by atoms with E-state index in [1.165, 1.54) is 0 Å². The second kappa shape index (κ2) is 11.7. The molecule has 0 spiro atoms. The zero-order chi connectivity index (χ0) is 31.9. The Hall–Kier alpha value is -4.64. The molecular weight excluding hydrogens is 597 g/mol. The third-order valence-electron chi connectivity index (χ3n) is 8.25. The minimum Gasteiger partial charge on any atom is -0.493 e. The fraction of sp³-hybridized carbons (Fsp3) is 0.294. The van der Waals surface area contributed by atoms with Crippen molar-refractivity contribution in [3.05, 3.63) is 94.8 Å². The van der Waals surface area contributed by atoms with E-state index in [0.717, 1.165) is 57.4 Å². The molecule has 234 valence electrons. The van der Waals surface area contributed by atoms with Crippen LogP contribution in [-0.2, 0) is 23.0 Å². The molecule has 3 amide bonds. The first-order chi connectivity index (χ1) is 21.5. The molecule has 1 heterocycles. The van der Waals surface area contributed by atoms with Gasteiger partial charge in [0.2, 0.25) is 0 Å². The summed E-state index contributed by atoms with van der Waals surface area (Å²) in [5.74, 6) is 0.641. The number of amides is 3. The molecule has 1 fully saturated rings. The lowest BCUT2D eigenvalue weighted by atomic mass is 9.98. The highest BCUT2D eigenvalue weighted by Gasteiger charge is 2.44. The molecule has 1 saturated carbocycles. The van der Waals surface area contributed by atoms with Gasteiger partial charge in [0.25, 0.3) is 15.9 Å². The summed E-state index contributed by atoms with van der Waals surface area (Å²) >= 11 is 0. The summed E-state index contributed by atoms with van der Waals surface area (Å²) < 4.78 is 52.3. The van der Waals surface area contributed by atoms with Gasteiger partial charge in [-0.2, -0.15) is 0 Å². The first-order valence-corrected chi connectivity index (χ1v) is 16.4. The first kappa shape index (κ1) is 30.4. The van der Waals surface area contributed by atoms with E-state index >= 15 is 0 Å². The van der Waals surface area contributed by atoms with E-state index in [9.17, 15) is 22.4 Å². The van der Waals surface area contributed by atoms with Crippen molar-refractivity contribution >= 4 is 38.4 Å². The highest BCUT2D eigenvalue weighted by atomic mass is 32.2. The molecule has 45 heavy (non-hydrogen) atoms. The zero-order valence-electron chi connectivity index (χ0n) is 25.3. The van der Waals surface area contributed by atoms with Crippen LogP contribution in [-0.4, -0.2) is 39.1 Å². The van der Waals surface area contributed by atoms with Crippen LogP contribution in [0.15, 0.2) is 71.6 Å². The number of hydrogen-bond acceptors (Lipinski definition) is 6. The lowest BCUT2D eigenvalue weighted by Crippen LogP contribution is -2.46. The summed E-state index contributed by atoms with van der Waals surface area (Å²) in [6.45, 7) is 7.07. The molecule has 0 atom stereocenters. The number of rotatable bonds is 10. The number of nitrogens with one attached hydrogen (secondary N) is 2. The highest BCUT2D eigenvalue weighted by molar-refractivity contribution is 7.90. The topological polar surface area (TPSA) is 114 Å². The molecule has 0 radical (unpaired) electrons. The minimum absolute atomic E-state index is 0.126. The Morgan fingerprint density at radius 2 is 1.69 bits per heavy atom.